The topological polar surface area (TPSA) is 66.4 Å². The molecule has 0 aromatic heterocycles. The first-order valence-electron chi connectivity index (χ1n) is 6.44. The lowest BCUT2D eigenvalue weighted by Crippen LogP contribution is -2.45. The van der Waals surface area contributed by atoms with Crippen LogP contribution in [0.25, 0.3) is 0 Å². The number of likely N-dealkylation sites (N-methyl/N-ethyl adjacent to an activating group) is 1. The summed E-state index contributed by atoms with van der Waals surface area (Å²) >= 11 is 0. The monoisotopic (exact) mass is 295 g/mol. The van der Waals surface area contributed by atoms with E-state index in [1.54, 1.807) is 0 Å². The number of esters is 1. The average molecular weight is 296 g/mol. The van der Waals surface area contributed by atoms with Crippen LogP contribution in [0.1, 0.15) is 39.0 Å². The minimum absolute atomic E-state index is 0. The normalized spacial score (nSPS) is 12.4. The van der Waals surface area contributed by atoms with Crippen molar-refractivity contribution in [1.29, 1.82) is 0 Å². The molecule has 0 aromatic rings. The number of nitrogens with zero attached hydrogens (tertiary/aromatic N) is 1. The molecule has 0 aliphatic rings. The number of halogens is 1. The van der Waals surface area contributed by atoms with Gasteiger partial charge in [0.05, 0.1) is 21.1 Å². The maximum atomic E-state index is 11.6. The van der Waals surface area contributed by atoms with Crippen molar-refractivity contribution in [1.82, 2.24) is 0 Å². The molecule has 0 fully saturated rings. The first-order valence-corrected chi connectivity index (χ1v) is 6.44. The summed E-state index contributed by atoms with van der Waals surface area (Å²) in [6.45, 7) is 2.52. The molecule has 0 radical (unpaired) electrons. The number of hydrogen-bond acceptors (Lipinski definition) is 4. The fourth-order valence-corrected chi connectivity index (χ4v) is 1.70. The van der Waals surface area contributed by atoms with Crippen LogP contribution < -0.4 is 5.11 Å². The van der Waals surface area contributed by atoms with Crippen molar-refractivity contribution in [2.24, 2.45) is 0 Å². The molecule has 0 amide bonds. The van der Waals surface area contributed by atoms with Crippen LogP contribution in [0.3, 0.4) is 0 Å². The van der Waals surface area contributed by atoms with Crippen molar-refractivity contribution in [3.63, 3.8) is 0 Å². The second-order valence-corrected chi connectivity index (χ2v) is 5.62. The molecule has 5 nitrogen and oxygen atoms in total. The Bertz CT molecular complexity index is 276. The van der Waals surface area contributed by atoms with Gasteiger partial charge in [0.15, 0.2) is 6.10 Å². The zero-order valence-electron chi connectivity index (χ0n) is 12.3. The number of aliphatic carboxylic acids is 1. The van der Waals surface area contributed by atoms with Gasteiger partial charge in [-0.3, -0.25) is 4.79 Å². The third-order valence-electron chi connectivity index (χ3n) is 2.43. The molecule has 19 heavy (non-hydrogen) atoms. The second kappa shape index (κ2) is 10.0. The maximum absolute atomic E-state index is 11.6. The molecule has 0 aliphatic heterocycles. The number of hydrogen-bond donors (Lipinski definition) is 0. The van der Waals surface area contributed by atoms with E-state index >= 15 is 0 Å². The molecule has 0 spiro atoms. The van der Waals surface area contributed by atoms with E-state index < -0.39 is 12.1 Å². The Morgan fingerprint density at radius 3 is 2.21 bits per heavy atom. The summed E-state index contributed by atoms with van der Waals surface area (Å²) in [5, 5.41) is 10.6. The van der Waals surface area contributed by atoms with Crippen molar-refractivity contribution in [3.05, 3.63) is 0 Å². The number of rotatable bonds is 9. The van der Waals surface area contributed by atoms with E-state index in [0.29, 0.717) is 17.4 Å². The van der Waals surface area contributed by atoms with Crippen LogP contribution >= 0.6 is 12.4 Å². The maximum Gasteiger partial charge on any atom is 0.306 e. The van der Waals surface area contributed by atoms with E-state index in [4.69, 9.17) is 4.74 Å². The van der Waals surface area contributed by atoms with Gasteiger partial charge in [0, 0.05) is 18.8 Å². The van der Waals surface area contributed by atoms with Gasteiger partial charge < -0.3 is 19.1 Å². The van der Waals surface area contributed by atoms with Crippen LogP contribution in [0.2, 0.25) is 0 Å². The van der Waals surface area contributed by atoms with Gasteiger partial charge in [0.25, 0.3) is 0 Å². The summed E-state index contributed by atoms with van der Waals surface area (Å²) in [4.78, 5) is 22.2. The number of carbonyl (C=O) groups excluding carboxylic acids is 2. The lowest BCUT2D eigenvalue weighted by atomic mass is 10.2. The molecule has 0 aliphatic carbocycles. The molecular weight excluding hydrogens is 270 g/mol. The number of carboxylic acid groups (broad SMARTS) is 1. The molecular formula is C13H26ClNO4. The summed E-state index contributed by atoms with van der Waals surface area (Å²) in [6, 6.07) is 0. The van der Waals surface area contributed by atoms with Gasteiger partial charge in [0.2, 0.25) is 0 Å². The Morgan fingerprint density at radius 2 is 1.79 bits per heavy atom. The van der Waals surface area contributed by atoms with E-state index in [1.165, 1.54) is 0 Å². The van der Waals surface area contributed by atoms with Gasteiger partial charge in [-0.05, 0) is 6.42 Å². The summed E-state index contributed by atoms with van der Waals surface area (Å²) in [5.74, 6) is -1.50. The lowest BCUT2D eigenvalue weighted by molar-refractivity contribution is -0.873. The van der Waals surface area contributed by atoms with Crippen molar-refractivity contribution in [3.8, 4) is 0 Å². The Morgan fingerprint density at radius 1 is 1.21 bits per heavy atom. The van der Waals surface area contributed by atoms with E-state index in [0.717, 1.165) is 19.3 Å². The van der Waals surface area contributed by atoms with E-state index in [2.05, 4.69) is 6.92 Å². The van der Waals surface area contributed by atoms with Crippen molar-refractivity contribution in [2.75, 3.05) is 27.7 Å². The Hall–Kier alpha value is -0.810. The first-order chi connectivity index (χ1) is 8.24. The fraction of sp³-hybridized carbons (Fsp3) is 0.846. The van der Waals surface area contributed by atoms with Gasteiger partial charge >= 0.3 is 5.97 Å². The van der Waals surface area contributed by atoms with E-state index in [1.807, 2.05) is 21.1 Å². The molecule has 0 aromatic carbocycles. The minimum Gasteiger partial charge on any atom is -0.550 e. The van der Waals surface area contributed by atoms with Gasteiger partial charge in [-0.2, -0.15) is 0 Å². The summed E-state index contributed by atoms with van der Waals surface area (Å²) in [6.07, 6.45) is 2.31. The largest absolute Gasteiger partial charge is 0.550 e. The summed E-state index contributed by atoms with van der Waals surface area (Å²) < 4.78 is 5.75. The Labute approximate surface area is 121 Å². The van der Waals surface area contributed by atoms with Crippen molar-refractivity contribution >= 4 is 24.3 Å². The Kier molecular flexibility index (Phi) is 10.8. The molecule has 1 atom stereocenters. The van der Waals surface area contributed by atoms with Gasteiger partial charge in [-0.1, -0.05) is 19.8 Å². The smallest absolute Gasteiger partial charge is 0.306 e. The predicted molar refractivity (Wildman–Crippen MR) is 73.8 cm³/mol. The average Bonchev–Trinajstić information content (AvgIpc) is 2.13. The van der Waals surface area contributed by atoms with Crippen molar-refractivity contribution in [2.45, 2.75) is 45.1 Å². The minimum atomic E-state index is -1.19. The number of unbranched alkanes of at least 4 members (excludes halogenated alkanes) is 2. The zero-order chi connectivity index (χ0) is 14.2. The first kappa shape index (κ1) is 20.5. The van der Waals surface area contributed by atoms with E-state index in [-0.39, 0.29) is 24.8 Å². The molecule has 0 heterocycles. The number of ether oxygens (including phenoxy) is 1. The highest BCUT2D eigenvalue weighted by atomic mass is 35.5. The molecule has 0 N–H and O–H groups in total. The predicted octanol–water partition coefficient (Wildman–Crippen LogP) is 0.746. The second-order valence-electron chi connectivity index (χ2n) is 5.62. The molecule has 0 bridgehead atoms. The highest BCUT2D eigenvalue weighted by Gasteiger charge is 2.22. The highest BCUT2D eigenvalue weighted by molar-refractivity contribution is 5.85. The highest BCUT2D eigenvalue weighted by Crippen LogP contribution is 2.08. The van der Waals surface area contributed by atoms with Crippen LogP contribution in [-0.4, -0.2) is 50.2 Å². The van der Waals surface area contributed by atoms with Crippen LogP contribution in [0.4, 0.5) is 0 Å². The Balaban J connectivity index is 0. The molecule has 114 valence electrons. The third-order valence-corrected chi connectivity index (χ3v) is 2.43. The summed E-state index contributed by atoms with van der Waals surface area (Å²) in [7, 11) is 5.77. The standard InChI is InChI=1S/C13H25NO4.ClH/c1-5-6-7-8-13(17)18-11(9-12(15)16)10-14(2,3)4;/h11H,5-10H2,1-4H3;1H/t11-;/m1./s1. The molecule has 0 unspecified atom stereocenters. The van der Waals surface area contributed by atoms with Crippen molar-refractivity contribution < 1.29 is 23.9 Å². The zero-order valence-corrected chi connectivity index (χ0v) is 13.1. The number of carboxylic acids is 1. The van der Waals surface area contributed by atoms with Gasteiger partial charge in [-0.25, -0.2) is 0 Å². The fourth-order valence-electron chi connectivity index (χ4n) is 1.70. The number of carbonyl (C=O) groups is 2. The van der Waals surface area contributed by atoms with Crippen LogP contribution in [0, 0.1) is 0 Å². The van der Waals surface area contributed by atoms with Gasteiger partial charge in [-0.15, -0.1) is 12.4 Å². The van der Waals surface area contributed by atoms with E-state index in [9.17, 15) is 14.7 Å². The quantitative estimate of drug-likeness (QED) is 0.358. The summed E-state index contributed by atoms with van der Waals surface area (Å²) in [5.41, 5.74) is 0. The van der Waals surface area contributed by atoms with Crippen LogP contribution in [0.5, 0.6) is 0 Å². The molecule has 0 rings (SSSR count). The van der Waals surface area contributed by atoms with Crippen LogP contribution in [-0.2, 0) is 14.3 Å². The molecule has 6 heteroatoms. The SMILES string of the molecule is CCCCCC(=O)O[C@H](CC(=O)[O-])C[N+](C)(C)C.Cl. The molecule has 0 saturated carbocycles. The van der Waals surface area contributed by atoms with Gasteiger partial charge in [0.1, 0.15) is 6.54 Å². The van der Waals surface area contributed by atoms with Crippen LogP contribution in [0.15, 0.2) is 0 Å². The molecule has 0 saturated heterocycles. The third kappa shape index (κ3) is 13.4. The lowest BCUT2D eigenvalue weighted by Gasteiger charge is -2.29. The number of quaternary nitrogens is 1.